The maximum Gasteiger partial charge on any atom is 0.214 e. The van der Waals surface area contributed by atoms with Crippen molar-refractivity contribution in [2.24, 2.45) is 5.10 Å². The van der Waals surface area contributed by atoms with Crippen molar-refractivity contribution in [1.29, 1.82) is 0 Å². The molecule has 28 heavy (non-hydrogen) atoms. The van der Waals surface area contributed by atoms with Crippen LogP contribution in [0.4, 0.5) is 0 Å². The summed E-state index contributed by atoms with van der Waals surface area (Å²) in [6.07, 6.45) is 4.09. The van der Waals surface area contributed by atoms with Crippen molar-refractivity contribution in [3.05, 3.63) is 89.7 Å². The van der Waals surface area contributed by atoms with Crippen LogP contribution in [0.5, 0.6) is 11.5 Å². The molecule has 5 nitrogen and oxygen atoms in total. The van der Waals surface area contributed by atoms with Crippen LogP contribution in [0.1, 0.15) is 42.3 Å². The van der Waals surface area contributed by atoms with Gasteiger partial charge in [-0.3, -0.25) is 4.98 Å². The highest BCUT2D eigenvalue weighted by molar-refractivity contribution is 6.01. The minimum Gasteiger partial charge on any atom is -0.490 e. The van der Waals surface area contributed by atoms with Crippen molar-refractivity contribution in [2.45, 2.75) is 25.6 Å². The van der Waals surface area contributed by atoms with E-state index in [0.29, 0.717) is 6.61 Å². The minimum atomic E-state index is -0.316. The lowest BCUT2D eigenvalue weighted by molar-refractivity contribution is -0.0212. The smallest absolute Gasteiger partial charge is 0.214 e. The zero-order valence-electron chi connectivity index (χ0n) is 15.7. The van der Waals surface area contributed by atoms with Crippen LogP contribution in [-0.4, -0.2) is 22.3 Å². The second-order valence-electron chi connectivity index (χ2n) is 6.87. The van der Waals surface area contributed by atoms with Gasteiger partial charge in [0.25, 0.3) is 0 Å². The molecule has 0 radical (unpaired) electrons. The van der Waals surface area contributed by atoms with E-state index in [2.05, 4.69) is 28.2 Å². The number of benzene rings is 2. The number of hydrazone groups is 1. The van der Waals surface area contributed by atoms with Gasteiger partial charge in [0.1, 0.15) is 0 Å². The highest BCUT2D eigenvalue weighted by Gasteiger charge is 2.42. The summed E-state index contributed by atoms with van der Waals surface area (Å²) in [5.41, 5.74) is 4.36. The van der Waals surface area contributed by atoms with Gasteiger partial charge in [-0.15, -0.1) is 0 Å². The zero-order valence-corrected chi connectivity index (χ0v) is 15.7. The number of hydrogen-bond donors (Lipinski definition) is 0. The number of fused-ring (bicyclic) bond motifs is 3. The number of nitrogens with zero attached hydrogens (tertiary/aromatic N) is 3. The molecule has 0 bridgehead atoms. The Morgan fingerprint density at radius 2 is 1.86 bits per heavy atom. The summed E-state index contributed by atoms with van der Waals surface area (Å²) in [7, 11) is 0. The summed E-state index contributed by atoms with van der Waals surface area (Å²) < 4.78 is 12.3. The van der Waals surface area contributed by atoms with Gasteiger partial charge in [0.2, 0.25) is 6.23 Å². The van der Waals surface area contributed by atoms with Gasteiger partial charge in [-0.1, -0.05) is 42.5 Å². The molecule has 0 saturated heterocycles. The maximum atomic E-state index is 6.47. The van der Waals surface area contributed by atoms with Gasteiger partial charge in [0.15, 0.2) is 11.5 Å². The van der Waals surface area contributed by atoms with E-state index in [0.717, 1.165) is 40.3 Å². The Bertz CT molecular complexity index is 1000. The fraction of sp³-hybridized carbons (Fsp3) is 0.217. The third kappa shape index (κ3) is 2.80. The van der Waals surface area contributed by atoms with Crippen LogP contribution < -0.4 is 9.47 Å². The third-order valence-corrected chi connectivity index (χ3v) is 5.18. The molecule has 2 atom stereocenters. The molecule has 0 fully saturated rings. The van der Waals surface area contributed by atoms with Crippen molar-refractivity contribution >= 4 is 5.71 Å². The van der Waals surface area contributed by atoms with Gasteiger partial charge < -0.3 is 9.47 Å². The molecule has 140 valence electrons. The fourth-order valence-electron chi connectivity index (χ4n) is 3.91. The van der Waals surface area contributed by atoms with Gasteiger partial charge in [-0.25, -0.2) is 5.01 Å². The summed E-state index contributed by atoms with van der Waals surface area (Å²) in [6, 6.07) is 20.5. The minimum absolute atomic E-state index is 0.109. The molecule has 5 heteroatoms. The van der Waals surface area contributed by atoms with Crippen molar-refractivity contribution < 1.29 is 9.47 Å². The summed E-state index contributed by atoms with van der Waals surface area (Å²) in [4.78, 5) is 4.14. The highest BCUT2D eigenvalue weighted by Crippen LogP contribution is 2.50. The number of pyridine rings is 1. The van der Waals surface area contributed by atoms with Crippen molar-refractivity contribution in [2.75, 3.05) is 6.61 Å². The van der Waals surface area contributed by atoms with Crippen LogP contribution in [0.2, 0.25) is 0 Å². The van der Waals surface area contributed by atoms with E-state index in [1.54, 1.807) is 12.4 Å². The Morgan fingerprint density at radius 3 is 2.64 bits per heavy atom. The van der Waals surface area contributed by atoms with Gasteiger partial charge in [-0.05, 0) is 30.7 Å². The predicted molar refractivity (Wildman–Crippen MR) is 107 cm³/mol. The van der Waals surface area contributed by atoms with E-state index >= 15 is 0 Å². The highest BCUT2D eigenvalue weighted by atomic mass is 16.5. The Hall–Kier alpha value is -3.34. The topological polar surface area (TPSA) is 47.0 Å². The molecule has 5 rings (SSSR count). The van der Waals surface area contributed by atoms with Crippen LogP contribution in [-0.2, 0) is 0 Å². The first-order valence-electron chi connectivity index (χ1n) is 9.58. The molecule has 2 aliphatic rings. The molecule has 2 aliphatic heterocycles. The first-order chi connectivity index (χ1) is 13.8. The number of hydrogen-bond acceptors (Lipinski definition) is 5. The first kappa shape index (κ1) is 16.8. The van der Waals surface area contributed by atoms with Crippen molar-refractivity contribution in [3.8, 4) is 11.5 Å². The van der Waals surface area contributed by atoms with E-state index < -0.39 is 0 Å². The normalized spacial score (nSPS) is 20.0. The summed E-state index contributed by atoms with van der Waals surface area (Å²) in [6.45, 7) is 2.58. The zero-order chi connectivity index (χ0) is 18.9. The first-order valence-corrected chi connectivity index (χ1v) is 9.58. The Labute approximate surface area is 164 Å². The molecular formula is C23H21N3O2. The van der Waals surface area contributed by atoms with Crippen molar-refractivity contribution in [1.82, 2.24) is 9.99 Å². The summed E-state index contributed by atoms with van der Waals surface area (Å²) in [5.74, 6) is 1.60. The lowest BCUT2D eigenvalue weighted by Crippen LogP contribution is -2.33. The molecule has 1 aromatic heterocycles. The quantitative estimate of drug-likeness (QED) is 0.666. The number of para-hydroxylation sites is 1. The van der Waals surface area contributed by atoms with Crippen molar-refractivity contribution in [3.63, 3.8) is 0 Å². The second kappa shape index (κ2) is 7.00. The monoisotopic (exact) mass is 371 g/mol. The standard InChI is InChI=1S/C23H21N3O2/c1-2-27-21-10-6-9-18-20-15-19(16-7-4-3-5-8-16)25-26(20)23(28-22(18)21)17-11-13-24-14-12-17/h3-14,20,23H,2,15H2,1H3. The van der Waals surface area contributed by atoms with E-state index in [1.165, 1.54) is 0 Å². The Balaban J connectivity index is 1.62. The molecule has 0 aliphatic carbocycles. The van der Waals surface area contributed by atoms with Crippen LogP contribution in [0.15, 0.2) is 78.2 Å². The van der Waals surface area contributed by atoms with E-state index in [4.69, 9.17) is 14.6 Å². The molecule has 2 unspecified atom stereocenters. The average molecular weight is 371 g/mol. The molecule has 0 saturated carbocycles. The Kier molecular flexibility index (Phi) is 4.20. The van der Waals surface area contributed by atoms with Gasteiger partial charge in [0.05, 0.1) is 18.4 Å². The Morgan fingerprint density at radius 1 is 1.04 bits per heavy atom. The van der Waals surface area contributed by atoms with Gasteiger partial charge in [0, 0.05) is 29.9 Å². The van der Waals surface area contributed by atoms with Crippen LogP contribution in [0, 0.1) is 0 Å². The predicted octanol–water partition coefficient (Wildman–Crippen LogP) is 4.72. The molecule has 0 spiro atoms. The fourth-order valence-corrected chi connectivity index (χ4v) is 3.91. The number of rotatable bonds is 4. The van der Waals surface area contributed by atoms with Crippen LogP contribution in [0.3, 0.4) is 0 Å². The summed E-state index contributed by atoms with van der Waals surface area (Å²) >= 11 is 0. The van der Waals surface area contributed by atoms with E-state index in [1.807, 2.05) is 49.4 Å². The molecule has 0 N–H and O–H groups in total. The lowest BCUT2D eigenvalue weighted by atomic mass is 9.95. The van der Waals surface area contributed by atoms with E-state index in [9.17, 15) is 0 Å². The van der Waals surface area contributed by atoms with Crippen LogP contribution >= 0.6 is 0 Å². The lowest BCUT2D eigenvalue weighted by Gasteiger charge is -2.38. The van der Waals surface area contributed by atoms with Gasteiger partial charge >= 0.3 is 0 Å². The third-order valence-electron chi connectivity index (χ3n) is 5.18. The largest absolute Gasteiger partial charge is 0.490 e. The molecular weight excluding hydrogens is 350 g/mol. The van der Waals surface area contributed by atoms with Crippen LogP contribution in [0.25, 0.3) is 0 Å². The molecule has 2 aromatic carbocycles. The maximum absolute atomic E-state index is 6.47. The van der Waals surface area contributed by atoms with E-state index in [-0.39, 0.29) is 12.3 Å². The number of ether oxygens (including phenoxy) is 2. The molecule has 3 aromatic rings. The number of aromatic nitrogens is 1. The average Bonchev–Trinajstić information content (AvgIpc) is 3.21. The summed E-state index contributed by atoms with van der Waals surface area (Å²) in [5, 5.41) is 7.06. The second-order valence-corrected chi connectivity index (χ2v) is 6.87. The molecule has 0 amide bonds. The molecule has 3 heterocycles. The van der Waals surface area contributed by atoms with Gasteiger partial charge in [-0.2, -0.15) is 5.10 Å². The SMILES string of the molecule is CCOc1cccc2c1OC(c1ccncc1)N1N=C(c3ccccc3)CC21.